The molecular formula is C14H16F2O4. The van der Waals surface area contributed by atoms with Crippen LogP contribution in [0.3, 0.4) is 0 Å². The monoisotopic (exact) mass is 286 g/mol. The van der Waals surface area contributed by atoms with Crippen molar-refractivity contribution in [2.24, 2.45) is 0 Å². The Bertz CT molecular complexity index is 492. The van der Waals surface area contributed by atoms with Gasteiger partial charge in [0.25, 0.3) is 6.43 Å². The van der Waals surface area contributed by atoms with Gasteiger partial charge in [0.15, 0.2) is 0 Å². The van der Waals surface area contributed by atoms with Crippen LogP contribution in [0.15, 0.2) is 18.2 Å². The molecular weight excluding hydrogens is 270 g/mol. The van der Waals surface area contributed by atoms with Crippen LogP contribution in [0.5, 0.6) is 5.75 Å². The largest absolute Gasteiger partial charge is 0.487 e. The van der Waals surface area contributed by atoms with Crippen LogP contribution in [0.2, 0.25) is 0 Å². The summed E-state index contributed by atoms with van der Waals surface area (Å²) in [5, 5.41) is 0. The Morgan fingerprint density at radius 1 is 1.35 bits per heavy atom. The number of aldehydes is 1. The average molecular weight is 286 g/mol. The molecule has 1 rings (SSSR count). The summed E-state index contributed by atoms with van der Waals surface area (Å²) in [4.78, 5) is 22.7. The Hall–Kier alpha value is -1.98. The van der Waals surface area contributed by atoms with Gasteiger partial charge in [-0.25, -0.2) is 13.6 Å². The smallest absolute Gasteiger partial charge is 0.342 e. The van der Waals surface area contributed by atoms with Crippen molar-refractivity contribution < 1.29 is 27.8 Å². The third-order valence-electron chi connectivity index (χ3n) is 2.12. The van der Waals surface area contributed by atoms with Crippen molar-refractivity contribution in [2.45, 2.75) is 32.8 Å². The molecule has 0 amide bonds. The minimum atomic E-state index is -2.66. The maximum Gasteiger partial charge on any atom is 0.342 e. The number of ether oxygens (including phenoxy) is 2. The van der Waals surface area contributed by atoms with Crippen molar-refractivity contribution >= 4 is 12.3 Å². The number of alkyl halides is 2. The Morgan fingerprint density at radius 2 is 2.00 bits per heavy atom. The molecule has 0 aliphatic heterocycles. The lowest BCUT2D eigenvalue weighted by Gasteiger charge is -2.20. The predicted molar refractivity (Wildman–Crippen MR) is 68.5 cm³/mol. The van der Waals surface area contributed by atoms with Gasteiger partial charge in [-0.2, -0.15) is 0 Å². The number of rotatable bonds is 5. The summed E-state index contributed by atoms with van der Waals surface area (Å²) in [5.74, 6) is -0.768. The Kier molecular flexibility index (Phi) is 5.19. The number of esters is 1. The first-order valence-electron chi connectivity index (χ1n) is 5.96. The summed E-state index contributed by atoms with van der Waals surface area (Å²) in [6, 6.07) is 3.93. The molecule has 0 aliphatic rings. The van der Waals surface area contributed by atoms with E-state index in [0.717, 1.165) is 0 Å². The first kappa shape index (κ1) is 16.1. The molecule has 0 aromatic heterocycles. The van der Waals surface area contributed by atoms with Gasteiger partial charge in [-0.3, -0.25) is 4.79 Å². The van der Waals surface area contributed by atoms with Crippen LogP contribution < -0.4 is 4.74 Å². The summed E-state index contributed by atoms with van der Waals surface area (Å²) in [6.45, 7) is 4.19. The highest BCUT2D eigenvalue weighted by atomic mass is 19.3. The first-order chi connectivity index (χ1) is 9.23. The summed E-state index contributed by atoms with van der Waals surface area (Å²) in [5.41, 5.74) is -0.561. The molecule has 0 heterocycles. The van der Waals surface area contributed by atoms with Gasteiger partial charge in [-0.05, 0) is 39.0 Å². The zero-order valence-corrected chi connectivity index (χ0v) is 11.5. The molecule has 0 unspecified atom stereocenters. The van der Waals surface area contributed by atoms with Crippen LogP contribution in [0.4, 0.5) is 8.78 Å². The topological polar surface area (TPSA) is 52.6 Å². The molecule has 6 heteroatoms. The lowest BCUT2D eigenvalue weighted by Crippen LogP contribution is -2.24. The van der Waals surface area contributed by atoms with Crippen LogP contribution in [0.25, 0.3) is 0 Å². The fourth-order valence-electron chi connectivity index (χ4n) is 1.39. The van der Waals surface area contributed by atoms with Crippen LogP contribution >= 0.6 is 0 Å². The molecule has 0 bridgehead atoms. The summed E-state index contributed by atoms with van der Waals surface area (Å²) in [6.07, 6.45) is -2.11. The van der Waals surface area contributed by atoms with E-state index in [1.165, 1.54) is 18.2 Å². The minimum absolute atomic E-state index is 0.0369. The third-order valence-corrected chi connectivity index (χ3v) is 2.12. The standard InChI is InChI=1S/C14H16F2O4/c1-14(2,3)20-13(18)10-6-9(7-17)4-5-11(10)19-8-12(15)16/h4-7,12H,8H2,1-3H3. The molecule has 0 radical (unpaired) electrons. The van der Waals surface area contributed by atoms with E-state index >= 15 is 0 Å². The van der Waals surface area contributed by atoms with Crippen molar-refractivity contribution in [1.29, 1.82) is 0 Å². The van der Waals surface area contributed by atoms with E-state index in [-0.39, 0.29) is 16.9 Å². The van der Waals surface area contributed by atoms with E-state index in [0.29, 0.717) is 6.29 Å². The molecule has 1 aromatic carbocycles. The highest BCUT2D eigenvalue weighted by Crippen LogP contribution is 2.23. The molecule has 0 spiro atoms. The zero-order chi connectivity index (χ0) is 15.3. The van der Waals surface area contributed by atoms with Crippen molar-refractivity contribution in [3.05, 3.63) is 29.3 Å². The molecule has 0 fully saturated rings. The molecule has 0 atom stereocenters. The van der Waals surface area contributed by atoms with E-state index in [2.05, 4.69) is 0 Å². The van der Waals surface area contributed by atoms with E-state index in [4.69, 9.17) is 9.47 Å². The fourth-order valence-corrected chi connectivity index (χ4v) is 1.39. The second-order valence-electron chi connectivity index (χ2n) is 5.08. The van der Waals surface area contributed by atoms with Gasteiger partial charge >= 0.3 is 5.97 Å². The summed E-state index contributed by atoms with van der Waals surface area (Å²) in [7, 11) is 0. The number of carbonyl (C=O) groups excluding carboxylic acids is 2. The number of hydrogen-bond acceptors (Lipinski definition) is 4. The summed E-state index contributed by atoms with van der Waals surface area (Å²) >= 11 is 0. The van der Waals surface area contributed by atoms with Gasteiger partial charge in [-0.1, -0.05) is 0 Å². The molecule has 0 saturated carbocycles. The van der Waals surface area contributed by atoms with E-state index < -0.39 is 24.6 Å². The molecule has 0 N–H and O–H groups in total. The van der Waals surface area contributed by atoms with Crippen LogP contribution in [-0.2, 0) is 4.74 Å². The first-order valence-corrected chi connectivity index (χ1v) is 5.96. The van der Waals surface area contributed by atoms with Crippen molar-refractivity contribution in [2.75, 3.05) is 6.61 Å². The third kappa shape index (κ3) is 4.95. The second kappa shape index (κ2) is 6.45. The molecule has 1 aromatic rings. The molecule has 110 valence electrons. The lowest BCUT2D eigenvalue weighted by atomic mass is 10.1. The van der Waals surface area contributed by atoms with Crippen molar-refractivity contribution in [1.82, 2.24) is 0 Å². The SMILES string of the molecule is CC(C)(C)OC(=O)c1cc(C=O)ccc1OCC(F)F. The maximum absolute atomic E-state index is 12.2. The number of hydrogen-bond donors (Lipinski definition) is 0. The van der Waals surface area contributed by atoms with Gasteiger partial charge in [0.1, 0.15) is 29.8 Å². The van der Waals surface area contributed by atoms with E-state index in [1.54, 1.807) is 20.8 Å². The zero-order valence-electron chi connectivity index (χ0n) is 11.5. The van der Waals surface area contributed by atoms with Crippen LogP contribution in [0.1, 0.15) is 41.5 Å². The predicted octanol–water partition coefficient (Wildman–Crippen LogP) is 3.10. The molecule has 0 saturated heterocycles. The normalized spacial score (nSPS) is 11.3. The Labute approximate surface area is 115 Å². The molecule has 0 aliphatic carbocycles. The van der Waals surface area contributed by atoms with Gasteiger partial charge in [0.05, 0.1) is 0 Å². The average Bonchev–Trinajstić information content (AvgIpc) is 2.34. The van der Waals surface area contributed by atoms with Gasteiger partial charge in [0.2, 0.25) is 0 Å². The van der Waals surface area contributed by atoms with Crippen molar-refractivity contribution in [3.8, 4) is 5.75 Å². The quantitative estimate of drug-likeness (QED) is 0.616. The van der Waals surface area contributed by atoms with Gasteiger partial charge in [0, 0.05) is 5.56 Å². The van der Waals surface area contributed by atoms with E-state index in [1.807, 2.05) is 0 Å². The fraction of sp³-hybridized carbons (Fsp3) is 0.429. The lowest BCUT2D eigenvalue weighted by molar-refractivity contribution is 0.00616. The maximum atomic E-state index is 12.2. The van der Waals surface area contributed by atoms with E-state index in [9.17, 15) is 18.4 Å². The number of benzene rings is 1. The second-order valence-corrected chi connectivity index (χ2v) is 5.08. The van der Waals surface area contributed by atoms with Crippen LogP contribution in [0, 0.1) is 0 Å². The van der Waals surface area contributed by atoms with Crippen LogP contribution in [-0.4, -0.2) is 30.9 Å². The summed E-state index contributed by atoms with van der Waals surface area (Å²) < 4.78 is 34.4. The van der Waals surface area contributed by atoms with Gasteiger partial charge < -0.3 is 9.47 Å². The van der Waals surface area contributed by atoms with Gasteiger partial charge in [-0.15, -0.1) is 0 Å². The number of carbonyl (C=O) groups is 2. The Balaban J connectivity index is 3.05. The van der Waals surface area contributed by atoms with Crippen molar-refractivity contribution in [3.63, 3.8) is 0 Å². The highest BCUT2D eigenvalue weighted by molar-refractivity contribution is 5.94. The molecule has 4 nitrogen and oxygen atoms in total. The molecule has 20 heavy (non-hydrogen) atoms. The number of halogens is 2. The highest BCUT2D eigenvalue weighted by Gasteiger charge is 2.22. The minimum Gasteiger partial charge on any atom is -0.487 e. The Morgan fingerprint density at radius 3 is 2.50 bits per heavy atom.